The molecule has 1 fully saturated rings. The van der Waals surface area contributed by atoms with Crippen molar-refractivity contribution in [1.29, 1.82) is 0 Å². The van der Waals surface area contributed by atoms with Crippen LogP contribution >= 0.6 is 11.3 Å². The number of thiophene rings is 1. The molecule has 40 heavy (non-hydrogen) atoms. The first-order valence-electron chi connectivity index (χ1n) is 14.8. The van der Waals surface area contributed by atoms with Crippen molar-refractivity contribution in [2.24, 2.45) is 5.92 Å². The average molecular weight is 589 g/mol. The molecule has 0 aliphatic carbocycles. The summed E-state index contributed by atoms with van der Waals surface area (Å²) in [4.78, 5) is 32.9. The lowest BCUT2D eigenvalue weighted by Crippen LogP contribution is -2.37. The molecule has 0 unspecified atom stereocenters. The third-order valence-electron chi connectivity index (χ3n) is 7.89. The van der Waals surface area contributed by atoms with E-state index in [-0.39, 0.29) is 16.7 Å². The molecule has 4 rings (SSSR count). The molecule has 0 spiro atoms. The molecule has 1 aromatic heterocycles. The second-order valence-electron chi connectivity index (χ2n) is 11.1. The number of nitrogens with zero attached hydrogens (tertiary/aromatic N) is 3. The van der Waals surface area contributed by atoms with Crippen LogP contribution < -0.4 is 5.32 Å². The van der Waals surface area contributed by atoms with E-state index in [2.05, 4.69) is 37.9 Å². The average Bonchev–Trinajstić information content (AvgIpc) is 3.30. The minimum Gasteiger partial charge on any atom is -0.339 e. The van der Waals surface area contributed by atoms with E-state index >= 15 is 0 Å². The van der Waals surface area contributed by atoms with E-state index in [1.807, 2.05) is 4.90 Å². The predicted molar refractivity (Wildman–Crippen MR) is 162 cm³/mol. The largest absolute Gasteiger partial charge is 0.339 e. The molecule has 8 nitrogen and oxygen atoms in total. The van der Waals surface area contributed by atoms with Crippen molar-refractivity contribution in [3.05, 3.63) is 45.8 Å². The molecular formula is C30H44N4O4S2. The first-order chi connectivity index (χ1) is 19.2. The van der Waals surface area contributed by atoms with E-state index in [0.29, 0.717) is 48.2 Å². The minimum atomic E-state index is -3.59. The van der Waals surface area contributed by atoms with Crippen LogP contribution in [0.2, 0.25) is 0 Å². The fourth-order valence-corrected chi connectivity index (χ4v) is 8.37. The molecule has 2 aliphatic rings. The van der Waals surface area contributed by atoms with Gasteiger partial charge in [-0.25, -0.2) is 8.42 Å². The second-order valence-corrected chi connectivity index (χ2v) is 14.1. The lowest BCUT2D eigenvalue weighted by atomic mass is 10.0. The summed E-state index contributed by atoms with van der Waals surface area (Å²) in [5.41, 5.74) is 2.06. The lowest BCUT2D eigenvalue weighted by Gasteiger charge is -2.29. The Labute approximate surface area is 243 Å². The van der Waals surface area contributed by atoms with Crippen LogP contribution in [-0.2, 0) is 23.0 Å². The molecule has 2 amide bonds. The normalized spacial score (nSPS) is 17.0. The molecule has 1 N–H and O–H groups in total. The minimum absolute atomic E-state index is 0.0160. The highest BCUT2D eigenvalue weighted by atomic mass is 32.2. The first-order valence-corrected chi connectivity index (χ1v) is 17.0. The molecule has 0 saturated carbocycles. The van der Waals surface area contributed by atoms with Crippen molar-refractivity contribution < 1.29 is 18.0 Å². The van der Waals surface area contributed by atoms with Crippen LogP contribution in [0, 0.1) is 5.92 Å². The van der Waals surface area contributed by atoms with E-state index in [0.717, 1.165) is 68.6 Å². The Morgan fingerprint density at radius 2 is 1.65 bits per heavy atom. The number of hydrogen-bond donors (Lipinski definition) is 1. The highest BCUT2D eigenvalue weighted by Crippen LogP contribution is 2.38. The zero-order valence-corrected chi connectivity index (χ0v) is 26.0. The number of carbonyl (C=O) groups excluding carboxylic acids is 2. The van der Waals surface area contributed by atoms with Gasteiger partial charge in [-0.05, 0) is 80.8 Å². The Morgan fingerprint density at radius 3 is 2.25 bits per heavy atom. The summed E-state index contributed by atoms with van der Waals surface area (Å²) < 4.78 is 27.8. The number of fused-ring (bicyclic) bond motifs is 1. The van der Waals surface area contributed by atoms with Crippen molar-refractivity contribution in [1.82, 2.24) is 14.1 Å². The van der Waals surface area contributed by atoms with Crippen LogP contribution in [0.4, 0.5) is 5.00 Å². The van der Waals surface area contributed by atoms with Crippen molar-refractivity contribution in [3.63, 3.8) is 0 Å². The molecule has 0 bridgehead atoms. The van der Waals surface area contributed by atoms with Crippen LogP contribution in [0.5, 0.6) is 0 Å². The van der Waals surface area contributed by atoms with Gasteiger partial charge in [0, 0.05) is 49.7 Å². The van der Waals surface area contributed by atoms with Crippen molar-refractivity contribution in [2.45, 2.75) is 77.7 Å². The van der Waals surface area contributed by atoms with Crippen LogP contribution in [0.1, 0.15) is 91.0 Å². The van der Waals surface area contributed by atoms with Gasteiger partial charge in [-0.3, -0.25) is 14.5 Å². The van der Waals surface area contributed by atoms with Gasteiger partial charge in [0.05, 0.1) is 10.5 Å². The maximum absolute atomic E-state index is 13.8. The standard InChI is InChI=1S/C30H44N4O4S2/c1-5-15-32-18-14-25-26(21-32)39-29(27(25)30(36)33(16-6-2)17-7-3)31-28(35)23-8-10-24(11-9-23)40(37,38)34-19-12-22(4)13-20-34/h8-11,22H,5-7,12-21H2,1-4H3,(H,31,35). The van der Waals surface area contributed by atoms with Gasteiger partial charge < -0.3 is 10.2 Å². The number of carbonyl (C=O) groups is 2. The van der Waals surface area contributed by atoms with Gasteiger partial charge in [-0.15, -0.1) is 11.3 Å². The molecule has 10 heteroatoms. The van der Waals surface area contributed by atoms with E-state index in [1.54, 1.807) is 12.1 Å². The Hall–Kier alpha value is -2.27. The predicted octanol–water partition coefficient (Wildman–Crippen LogP) is 5.45. The number of amides is 2. The molecule has 1 saturated heterocycles. The zero-order chi connectivity index (χ0) is 28.9. The van der Waals surface area contributed by atoms with Crippen LogP contribution in [0.25, 0.3) is 0 Å². The van der Waals surface area contributed by atoms with Crippen LogP contribution in [0.15, 0.2) is 29.2 Å². The molecular weight excluding hydrogens is 544 g/mol. The van der Waals surface area contributed by atoms with Gasteiger partial charge in [0.1, 0.15) is 5.00 Å². The Kier molecular flexibility index (Phi) is 10.4. The Bertz CT molecular complexity index is 1280. The smallest absolute Gasteiger partial charge is 0.257 e. The number of piperidine rings is 1. The summed E-state index contributed by atoms with van der Waals surface area (Å²) in [5, 5.41) is 3.62. The van der Waals surface area contributed by atoms with E-state index in [9.17, 15) is 18.0 Å². The maximum Gasteiger partial charge on any atom is 0.257 e. The molecule has 0 atom stereocenters. The van der Waals surface area contributed by atoms with Crippen LogP contribution in [-0.4, -0.2) is 73.6 Å². The summed E-state index contributed by atoms with van der Waals surface area (Å²) >= 11 is 1.50. The third-order valence-corrected chi connectivity index (χ3v) is 10.9. The van der Waals surface area contributed by atoms with Crippen molar-refractivity contribution in [3.8, 4) is 0 Å². The molecule has 1 aromatic carbocycles. The summed E-state index contributed by atoms with van der Waals surface area (Å²) in [6.45, 7) is 13.5. The lowest BCUT2D eigenvalue weighted by molar-refractivity contribution is 0.0755. The monoisotopic (exact) mass is 588 g/mol. The number of benzene rings is 1. The van der Waals surface area contributed by atoms with Gasteiger partial charge in [0.15, 0.2) is 0 Å². The van der Waals surface area contributed by atoms with E-state index in [4.69, 9.17) is 0 Å². The highest BCUT2D eigenvalue weighted by molar-refractivity contribution is 7.89. The molecule has 3 heterocycles. The second kappa shape index (κ2) is 13.6. The third kappa shape index (κ3) is 6.78. The van der Waals surface area contributed by atoms with E-state index < -0.39 is 10.0 Å². The quantitative estimate of drug-likeness (QED) is 0.377. The van der Waals surface area contributed by atoms with Crippen molar-refractivity contribution >= 4 is 38.2 Å². The van der Waals surface area contributed by atoms with Gasteiger partial charge in [0.2, 0.25) is 10.0 Å². The summed E-state index contributed by atoms with van der Waals surface area (Å²) in [6, 6.07) is 6.15. The highest BCUT2D eigenvalue weighted by Gasteiger charge is 2.31. The SMILES string of the molecule is CCCN1CCc2c(sc(NC(=O)c3ccc(S(=O)(=O)N4CCC(C)CC4)cc3)c2C(=O)N(CCC)CCC)C1. The number of rotatable bonds is 11. The maximum atomic E-state index is 13.8. The molecule has 2 aromatic rings. The Balaban J connectivity index is 1.58. The number of hydrogen-bond acceptors (Lipinski definition) is 6. The summed E-state index contributed by atoms with van der Waals surface area (Å²) in [6.07, 6.45) is 5.31. The fourth-order valence-electron chi connectivity index (χ4n) is 5.62. The van der Waals surface area contributed by atoms with Crippen LogP contribution in [0.3, 0.4) is 0 Å². The van der Waals surface area contributed by atoms with Gasteiger partial charge in [-0.1, -0.05) is 27.7 Å². The number of anilines is 1. The van der Waals surface area contributed by atoms with Crippen molar-refractivity contribution in [2.75, 3.05) is 44.6 Å². The fraction of sp³-hybridized carbons (Fsp3) is 0.600. The topological polar surface area (TPSA) is 90.0 Å². The van der Waals surface area contributed by atoms with Gasteiger partial charge in [-0.2, -0.15) is 4.31 Å². The molecule has 0 radical (unpaired) electrons. The summed E-state index contributed by atoms with van der Waals surface area (Å²) in [7, 11) is -3.59. The Morgan fingerprint density at radius 1 is 1.00 bits per heavy atom. The van der Waals surface area contributed by atoms with E-state index in [1.165, 1.54) is 27.8 Å². The van der Waals surface area contributed by atoms with Gasteiger partial charge >= 0.3 is 0 Å². The molecule has 2 aliphatic heterocycles. The number of nitrogens with one attached hydrogen (secondary N) is 1. The zero-order valence-electron chi connectivity index (χ0n) is 24.4. The molecule has 220 valence electrons. The van der Waals surface area contributed by atoms with Gasteiger partial charge in [0.25, 0.3) is 11.8 Å². The summed E-state index contributed by atoms with van der Waals surface area (Å²) in [5.74, 6) is 0.173. The first kappa shape index (κ1) is 30.7. The number of sulfonamides is 1.